The number of carbonyl (C=O) groups is 1. The number of hydrogen-bond acceptors (Lipinski definition) is 7. The summed E-state index contributed by atoms with van der Waals surface area (Å²) in [6.45, 7) is 5.20. The Morgan fingerprint density at radius 2 is 2.00 bits per heavy atom. The number of halogens is 1. The predicted molar refractivity (Wildman–Crippen MR) is 134 cm³/mol. The average molecular weight is 535 g/mol. The molecule has 2 fully saturated rings. The van der Waals surface area contributed by atoms with Crippen molar-refractivity contribution >= 4 is 56.2 Å². The van der Waals surface area contributed by atoms with E-state index in [1.807, 2.05) is 42.5 Å². The zero-order valence-corrected chi connectivity index (χ0v) is 20.6. The number of nitrogens with one attached hydrogen (secondary N) is 1. The van der Waals surface area contributed by atoms with E-state index in [0.29, 0.717) is 28.2 Å². The molecule has 2 heterocycles. The molecule has 2 aromatic carbocycles. The molecule has 0 aliphatic carbocycles. The van der Waals surface area contributed by atoms with E-state index in [4.69, 9.17) is 26.4 Å². The Balaban J connectivity index is 1.49. The molecule has 2 aliphatic rings. The highest BCUT2D eigenvalue weighted by molar-refractivity contribution is 9.10. The quantitative estimate of drug-likeness (QED) is 0.401. The molecule has 1 amide bonds. The smallest absolute Gasteiger partial charge is 0.263 e. The average Bonchev–Trinajstić information content (AvgIpc) is 3.11. The number of benzene rings is 2. The van der Waals surface area contributed by atoms with Gasteiger partial charge in [0.25, 0.3) is 5.91 Å². The largest absolute Gasteiger partial charge is 0.492 e. The zero-order chi connectivity index (χ0) is 22.3. The fourth-order valence-electron chi connectivity index (χ4n) is 3.30. The van der Waals surface area contributed by atoms with Crippen molar-refractivity contribution < 1.29 is 19.0 Å². The highest BCUT2D eigenvalue weighted by Crippen LogP contribution is 2.32. The number of thioether (sulfide) groups is 1. The van der Waals surface area contributed by atoms with Crippen LogP contribution in [0.3, 0.4) is 0 Å². The maximum atomic E-state index is 12.1. The van der Waals surface area contributed by atoms with Gasteiger partial charge in [-0.25, -0.2) is 0 Å². The highest BCUT2D eigenvalue weighted by Gasteiger charge is 2.22. The summed E-state index contributed by atoms with van der Waals surface area (Å²) >= 11 is 9.91. The molecule has 0 aromatic heterocycles. The Morgan fingerprint density at radius 3 is 2.75 bits per heavy atom. The summed E-state index contributed by atoms with van der Waals surface area (Å²) < 4.78 is 19.0. The number of rotatable bonds is 8. The lowest BCUT2D eigenvalue weighted by Gasteiger charge is -2.26. The molecule has 6 nitrogen and oxygen atoms in total. The lowest BCUT2D eigenvalue weighted by molar-refractivity contribution is -0.115. The van der Waals surface area contributed by atoms with Crippen LogP contribution in [-0.4, -0.2) is 54.6 Å². The Labute approximate surface area is 205 Å². The van der Waals surface area contributed by atoms with Gasteiger partial charge >= 0.3 is 0 Å². The van der Waals surface area contributed by atoms with Crippen LogP contribution in [0.2, 0.25) is 0 Å². The zero-order valence-electron chi connectivity index (χ0n) is 17.3. The van der Waals surface area contributed by atoms with Crippen LogP contribution >= 0.6 is 39.9 Å². The maximum Gasteiger partial charge on any atom is 0.263 e. The van der Waals surface area contributed by atoms with Gasteiger partial charge in [0.05, 0.1) is 18.1 Å². The first-order valence-electron chi connectivity index (χ1n) is 10.3. The summed E-state index contributed by atoms with van der Waals surface area (Å²) in [6.07, 6.45) is 1.80. The standard InChI is InChI=1S/C23H23BrN2O4S2/c24-19-4-2-1-3-17(19)15-30-20-14-18(29-12-9-26-7-10-28-11-8-26)6-5-16(20)13-21-22(27)25-23(31)32-21/h1-6,13-14H,7-12,15H2,(H,25,27,31). The highest BCUT2D eigenvalue weighted by atomic mass is 79.9. The normalized spacial score (nSPS) is 18.1. The van der Waals surface area contributed by atoms with Gasteiger partial charge in [-0.1, -0.05) is 58.1 Å². The van der Waals surface area contributed by atoms with Crippen molar-refractivity contribution in [3.8, 4) is 11.5 Å². The summed E-state index contributed by atoms with van der Waals surface area (Å²) in [6, 6.07) is 13.6. The van der Waals surface area contributed by atoms with Gasteiger partial charge in [0.15, 0.2) is 0 Å². The van der Waals surface area contributed by atoms with E-state index < -0.39 is 0 Å². The van der Waals surface area contributed by atoms with Crippen LogP contribution in [0.1, 0.15) is 11.1 Å². The molecule has 2 aromatic rings. The Kier molecular flexibility index (Phi) is 8.20. The van der Waals surface area contributed by atoms with Crippen LogP contribution in [0.25, 0.3) is 6.08 Å². The second-order valence-electron chi connectivity index (χ2n) is 7.23. The maximum absolute atomic E-state index is 12.1. The van der Waals surface area contributed by atoms with Crippen molar-refractivity contribution in [2.45, 2.75) is 6.61 Å². The van der Waals surface area contributed by atoms with E-state index in [1.54, 1.807) is 6.08 Å². The van der Waals surface area contributed by atoms with Crippen molar-refractivity contribution in [2.75, 3.05) is 39.5 Å². The molecule has 9 heteroatoms. The SMILES string of the molecule is O=C1NC(=S)SC1=Cc1ccc(OCCN2CCOCC2)cc1OCc1ccccc1Br. The van der Waals surface area contributed by atoms with Crippen LogP contribution in [0, 0.1) is 0 Å². The van der Waals surface area contributed by atoms with Gasteiger partial charge in [0, 0.05) is 41.3 Å². The first-order valence-corrected chi connectivity index (χ1v) is 12.3. The number of morpholine rings is 1. The molecular weight excluding hydrogens is 512 g/mol. The third-order valence-electron chi connectivity index (χ3n) is 5.03. The van der Waals surface area contributed by atoms with Gasteiger partial charge in [-0.15, -0.1) is 0 Å². The molecule has 0 bridgehead atoms. The van der Waals surface area contributed by atoms with E-state index >= 15 is 0 Å². The predicted octanol–water partition coefficient (Wildman–Crippen LogP) is 4.23. The topological polar surface area (TPSA) is 60.0 Å². The fraction of sp³-hybridized carbons (Fsp3) is 0.304. The first kappa shape index (κ1) is 23.3. The van der Waals surface area contributed by atoms with Crippen LogP contribution in [0.15, 0.2) is 51.8 Å². The van der Waals surface area contributed by atoms with Crippen molar-refractivity contribution in [2.24, 2.45) is 0 Å². The van der Waals surface area contributed by atoms with Gasteiger partial charge in [0.1, 0.15) is 29.0 Å². The molecule has 1 N–H and O–H groups in total. The minimum Gasteiger partial charge on any atom is -0.492 e. The van der Waals surface area contributed by atoms with Gasteiger partial charge in [-0.05, 0) is 24.3 Å². The van der Waals surface area contributed by atoms with Gasteiger partial charge in [-0.2, -0.15) is 0 Å². The number of nitrogens with zero attached hydrogens (tertiary/aromatic N) is 1. The van der Waals surface area contributed by atoms with Crippen LogP contribution < -0.4 is 14.8 Å². The minimum atomic E-state index is -0.192. The lowest BCUT2D eigenvalue weighted by atomic mass is 10.1. The van der Waals surface area contributed by atoms with E-state index in [2.05, 4.69) is 26.1 Å². The Bertz CT molecular complexity index is 1020. The van der Waals surface area contributed by atoms with E-state index in [9.17, 15) is 4.79 Å². The van der Waals surface area contributed by atoms with Crippen molar-refractivity contribution in [1.29, 1.82) is 0 Å². The van der Waals surface area contributed by atoms with Crippen LogP contribution in [0.4, 0.5) is 0 Å². The van der Waals surface area contributed by atoms with E-state index in [-0.39, 0.29) is 5.91 Å². The molecule has 168 valence electrons. The fourth-order valence-corrected chi connectivity index (χ4v) is 4.73. The number of hydrogen-bond donors (Lipinski definition) is 1. The van der Waals surface area contributed by atoms with Gasteiger partial charge < -0.3 is 19.5 Å². The molecule has 0 spiro atoms. The van der Waals surface area contributed by atoms with Gasteiger partial charge in [0.2, 0.25) is 0 Å². The Hall–Kier alpha value is -1.91. The molecular formula is C23H23BrN2O4S2. The van der Waals surface area contributed by atoms with Crippen LogP contribution in [0.5, 0.6) is 11.5 Å². The molecule has 0 saturated carbocycles. The van der Waals surface area contributed by atoms with Crippen LogP contribution in [-0.2, 0) is 16.1 Å². The summed E-state index contributed by atoms with van der Waals surface area (Å²) in [5.74, 6) is 1.17. The molecule has 4 rings (SSSR count). The second kappa shape index (κ2) is 11.3. The molecule has 2 saturated heterocycles. The number of carbonyl (C=O) groups excluding carboxylic acids is 1. The summed E-state index contributed by atoms with van der Waals surface area (Å²) in [7, 11) is 0. The number of thiocarbonyl (C=S) groups is 1. The molecule has 2 aliphatic heterocycles. The summed E-state index contributed by atoms with van der Waals surface area (Å²) in [4.78, 5) is 15.0. The van der Waals surface area contributed by atoms with E-state index in [1.165, 1.54) is 11.8 Å². The monoisotopic (exact) mass is 534 g/mol. The molecule has 0 atom stereocenters. The third kappa shape index (κ3) is 6.32. The van der Waals surface area contributed by atoms with Crippen molar-refractivity contribution in [3.63, 3.8) is 0 Å². The lowest BCUT2D eigenvalue weighted by Crippen LogP contribution is -2.38. The molecule has 32 heavy (non-hydrogen) atoms. The van der Waals surface area contributed by atoms with Crippen molar-refractivity contribution in [3.05, 3.63) is 63.0 Å². The third-order valence-corrected chi connectivity index (χ3v) is 6.97. The minimum absolute atomic E-state index is 0.192. The first-order chi connectivity index (χ1) is 15.6. The summed E-state index contributed by atoms with van der Waals surface area (Å²) in [5.41, 5.74) is 1.82. The van der Waals surface area contributed by atoms with Gasteiger partial charge in [-0.3, -0.25) is 9.69 Å². The summed E-state index contributed by atoms with van der Waals surface area (Å²) in [5, 5.41) is 2.64. The Morgan fingerprint density at radius 1 is 1.19 bits per heavy atom. The number of ether oxygens (including phenoxy) is 3. The number of amides is 1. The van der Waals surface area contributed by atoms with Crippen molar-refractivity contribution in [1.82, 2.24) is 10.2 Å². The van der Waals surface area contributed by atoms with E-state index in [0.717, 1.165) is 54.2 Å². The molecule has 0 unspecified atom stereocenters. The molecule has 0 radical (unpaired) electrons. The second-order valence-corrected chi connectivity index (χ2v) is 9.81.